The van der Waals surface area contributed by atoms with Crippen LogP contribution in [0.15, 0.2) is 12.1 Å². The summed E-state index contributed by atoms with van der Waals surface area (Å²) in [6.07, 6.45) is 4.40. The second-order valence-electron chi connectivity index (χ2n) is 5.20. The fourth-order valence-corrected chi connectivity index (χ4v) is 4.20. The lowest BCUT2D eigenvalue weighted by molar-refractivity contribution is 0.355. The molecular formula is C14H22N2O4S. The number of nitrogens with one attached hydrogen (secondary N) is 1. The SMILES string of the molecule is COc1cc(N)c(NS(=O)(=O)C2CCCCC2)cc1OC. The van der Waals surface area contributed by atoms with Gasteiger partial charge in [-0.3, -0.25) is 4.72 Å². The summed E-state index contributed by atoms with van der Waals surface area (Å²) in [5.41, 5.74) is 6.54. The summed E-state index contributed by atoms with van der Waals surface area (Å²) >= 11 is 0. The Morgan fingerprint density at radius 3 is 2.24 bits per heavy atom. The number of sulfonamides is 1. The number of anilines is 2. The zero-order valence-corrected chi connectivity index (χ0v) is 13.2. The van der Waals surface area contributed by atoms with E-state index in [0.717, 1.165) is 19.3 Å². The molecule has 0 radical (unpaired) electrons. The third kappa shape index (κ3) is 3.53. The Balaban J connectivity index is 2.26. The van der Waals surface area contributed by atoms with Gasteiger partial charge in [0.1, 0.15) is 0 Å². The van der Waals surface area contributed by atoms with Crippen molar-refractivity contribution in [2.45, 2.75) is 37.4 Å². The van der Waals surface area contributed by atoms with Crippen molar-refractivity contribution in [2.24, 2.45) is 0 Å². The van der Waals surface area contributed by atoms with Crippen LogP contribution in [0.1, 0.15) is 32.1 Å². The Bertz CT molecular complexity index is 595. The number of benzene rings is 1. The van der Waals surface area contributed by atoms with Gasteiger partial charge in [-0.2, -0.15) is 0 Å². The smallest absolute Gasteiger partial charge is 0.235 e. The first kappa shape index (κ1) is 15.8. The molecule has 0 saturated heterocycles. The molecule has 1 fully saturated rings. The van der Waals surface area contributed by atoms with Gasteiger partial charge in [0.15, 0.2) is 11.5 Å². The predicted molar refractivity (Wildman–Crippen MR) is 83.4 cm³/mol. The van der Waals surface area contributed by atoms with Crippen molar-refractivity contribution >= 4 is 21.4 Å². The van der Waals surface area contributed by atoms with E-state index in [9.17, 15) is 8.42 Å². The van der Waals surface area contributed by atoms with E-state index in [0.29, 0.717) is 35.7 Å². The molecule has 1 aliphatic carbocycles. The number of nitrogen functional groups attached to an aromatic ring is 1. The largest absolute Gasteiger partial charge is 0.493 e. The van der Waals surface area contributed by atoms with Crippen molar-refractivity contribution in [1.82, 2.24) is 0 Å². The van der Waals surface area contributed by atoms with Gasteiger partial charge in [0.05, 0.1) is 30.8 Å². The first-order chi connectivity index (χ1) is 9.97. The summed E-state index contributed by atoms with van der Waals surface area (Å²) in [6.45, 7) is 0. The van der Waals surface area contributed by atoms with Crippen molar-refractivity contribution in [3.63, 3.8) is 0 Å². The molecule has 3 N–H and O–H groups in total. The Morgan fingerprint density at radius 1 is 1.10 bits per heavy atom. The van der Waals surface area contributed by atoms with Gasteiger partial charge in [-0.05, 0) is 12.8 Å². The van der Waals surface area contributed by atoms with Crippen molar-refractivity contribution in [3.05, 3.63) is 12.1 Å². The number of ether oxygens (including phenoxy) is 2. The highest BCUT2D eigenvalue weighted by molar-refractivity contribution is 7.93. The highest BCUT2D eigenvalue weighted by Gasteiger charge is 2.28. The number of hydrogen-bond acceptors (Lipinski definition) is 5. The predicted octanol–water partition coefficient (Wildman–Crippen LogP) is 2.36. The molecule has 21 heavy (non-hydrogen) atoms. The number of methoxy groups -OCH3 is 2. The van der Waals surface area contributed by atoms with Crippen LogP contribution in [0.4, 0.5) is 11.4 Å². The summed E-state index contributed by atoms with van der Waals surface area (Å²) in [6, 6.07) is 3.10. The van der Waals surface area contributed by atoms with E-state index in [-0.39, 0.29) is 5.25 Å². The van der Waals surface area contributed by atoms with Gasteiger partial charge in [0.25, 0.3) is 0 Å². The number of rotatable bonds is 5. The quantitative estimate of drug-likeness (QED) is 0.814. The molecule has 118 valence electrons. The van der Waals surface area contributed by atoms with Gasteiger partial charge in [-0.25, -0.2) is 8.42 Å². The molecule has 0 amide bonds. The van der Waals surface area contributed by atoms with E-state index in [4.69, 9.17) is 15.2 Å². The fourth-order valence-electron chi connectivity index (χ4n) is 2.60. The first-order valence-electron chi connectivity index (χ1n) is 7.01. The van der Waals surface area contributed by atoms with Gasteiger partial charge in [-0.15, -0.1) is 0 Å². The van der Waals surface area contributed by atoms with Crippen LogP contribution in [-0.4, -0.2) is 27.9 Å². The molecular weight excluding hydrogens is 292 g/mol. The van der Waals surface area contributed by atoms with E-state index in [1.165, 1.54) is 14.2 Å². The van der Waals surface area contributed by atoms with E-state index < -0.39 is 10.0 Å². The lowest BCUT2D eigenvalue weighted by Crippen LogP contribution is -2.30. The van der Waals surface area contributed by atoms with Gasteiger partial charge in [0, 0.05) is 12.1 Å². The molecule has 0 unspecified atom stereocenters. The van der Waals surface area contributed by atoms with Crippen LogP contribution in [0.25, 0.3) is 0 Å². The number of hydrogen-bond donors (Lipinski definition) is 2. The van der Waals surface area contributed by atoms with Crippen LogP contribution >= 0.6 is 0 Å². The average molecular weight is 314 g/mol. The first-order valence-corrected chi connectivity index (χ1v) is 8.55. The van der Waals surface area contributed by atoms with E-state index in [1.807, 2.05) is 0 Å². The molecule has 0 bridgehead atoms. The van der Waals surface area contributed by atoms with E-state index in [2.05, 4.69) is 4.72 Å². The van der Waals surface area contributed by atoms with Crippen LogP contribution < -0.4 is 19.9 Å². The molecule has 6 nitrogen and oxygen atoms in total. The molecule has 1 saturated carbocycles. The molecule has 0 spiro atoms. The van der Waals surface area contributed by atoms with Gasteiger partial charge in [-0.1, -0.05) is 19.3 Å². The standard InChI is InChI=1S/C14H22N2O4S/c1-19-13-8-11(15)12(9-14(13)20-2)16-21(17,18)10-6-4-3-5-7-10/h8-10,16H,3-7,15H2,1-2H3. The third-order valence-corrected chi connectivity index (χ3v) is 5.65. The molecule has 1 aromatic carbocycles. The zero-order chi connectivity index (χ0) is 15.5. The van der Waals surface area contributed by atoms with E-state index in [1.54, 1.807) is 12.1 Å². The van der Waals surface area contributed by atoms with Gasteiger partial charge >= 0.3 is 0 Å². The Morgan fingerprint density at radius 2 is 1.67 bits per heavy atom. The van der Waals surface area contributed by atoms with Crippen LogP contribution in [0, 0.1) is 0 Å². The molecule has 0 aromatic heterocycles. The zero-order valence-electron chi connectivity index (χ0n) is 12.4. The molecule has 0 atom stereocenters. The normalized spacial score (nSPS) is 16.5. The lowest BCUT2D eigenvalue weighted by Gasteiger charge is -2.23. The lowest BCUT2D eigenvalue weighted by atomic mass is 10.0. The minimum Gasteiger partial charge on any atom is -0.493 e. The average Bonchev–Trinajstić information content (AvgIpc) is 2.49. The minimum atomic E-state index is -3.43. The maximum atomic E-state index is 12.4. The van der Waals surface area contributed by atoms with Gasteiger partial charge in [0.2, 0.25) is 10.0 Å². The Kier molecular flexibility index (Phi) is 4.82. The Labute approximate surface area is 125 Å². The molecule has 0 aliphatic heterocycles. The topological polar surface area (TPSA) is 90.6 Å². The van der Waals surface area contributed by atoms with Crippen LogP contribution in [-0.2, 0) is 10.0 Å². The minimum absolute atomic E-state index is 0.312. The monoisotopic (exact) mass is 314 g/mol. The summed E-state index contributed by atoms with van der Waals surface area (Å²) < 4.78 is 37.8. The van der Waals surface area contributed by atoms with Crippen molar-refractivity contribution in [1.29, 1.82) is 0 Å². The highest BCUT2D eigenvalue weighted by Crippen LogP contribution is 2.36. The van der Waals surface area contributed by atoms with Crippen LogP contribution in [0.5, 0.6) is 11.5 Å². The summed E-state index contributed by atoms with van der Waals surface area (Å²) in [5.74, 6) is 0.906. The Hall–Kier alpha value is -1.63. The van der Waals surface area contributed by atoms with Crippen molar-refractivity contribution in [3.8, 4) is 11.5 Å². The fraction of sp³-hybridized carbons (Fsp3) is 0.571. The molecule has 2 rings (SSSR count). The second-order valence-corrected chi connectivity index (χ2v) is 7.16. The molecule has 0 heterocycles. The van der Waals surface area contributed by atoms with Crippen LogP contribution in [0.3, 0.4) is 0 Å². The van der Waals surface area contributed by atoms with Crippen molar-refractivity contribution < 1.29 is 17.9 Å². The molecule has 1 aliphatic rings. The third-order valence-electron chi connectivity index (χ3n) is 3.80. The van der Waals surface area contributed by atoms with E-state index >= 15 is 0 Å². The second kappa shape index (κ2) is 6.43. The summed E-state index contributed by atoms with van der Waals surface area (Å²) in [5, 5.41) is -0.348. The molecule has 1 aromatic rings. The number of nitrogens with two attached hydrogens (primary N) is 1. The summed E-state index contributed by atoms with van der Waals surface area (Å²) in [7, 11) is -0.433. The van der Waals surface area contributed by atoms with Crippen LogP contribution in [0.2, 0.25) is 0 Å². The summed E-state index contributed by atoms with van der Waals surface area (Å²) in [4.78, 5) is 0. The van der Waals surface area contributed by atoms with Crippen molar-refractivity contribution in [2.75, 3.05) is 24.7 Å². The van der Waals surface area contributed by atoms with Gasteiger partial charge < -0.3 is 15.2 Å². The maximum absolute atomic E-state index is 12.4. The maximum Gasteiger partial charge on any atom is 0.235 e. The highest BCUT2D eigenvalue weighted by atomic mass is 32.2. The molecule has 7 heteroatoms.